The van der Waals surface area contributed by atoms with Crippen LogP contribution in [-0.4, -0.2) is 53.6 Å². The van der Waals surface area contributed by atoms with Gasteiger partial charge in [0.15, 0.2) is 5.82 Å². The van der Waals surface area contributed by atoms with Crippen LogP contribution in [-0.2, 0) is 24.2 Å². The molecule has 7 heteroatoms. The van der Waals surface area contributed by atoms with Gasteiger partial charge in [-0.1, -0.05) is 6.07 Å². The van der Waals surface area contributed by atoms with Gasteiger partial charge in [0, 0.05) is 50.3 Å². The molecule has 0 amide bonds. The summed E-state index contributed by atoms with van der Waals surface area (Å²) in [5, 5.41) is 8.86. The SMILES string of the molecule is COc1ccc(CN2CCc3nnc(C4CCCO4)n3CC2)c(OC)c1C. The highest BCUT2D eigenvalue weighted by Crippen LogP contribution is 2.32. The van der Waals surface area contributed by atoms with Crippen molar-refractivity contribution in [2.24, 2.45) is 0 Å². The number of methoxy groups -OCH3 is 2. The fraction of sp³-hybridized carbons (Fsp3) is 0.600. The molecule has 3 heterocycles. The van der Waals surface area contributed by atoms with E-state index in [2.05, 4.69) is 25.7 Å². The maximum atomic E-state index is 5.83. The number of hydrogen-bond acceptors (Lipinski definition) is 6. The fourth-order valence-electron chi connectivity index (χ4n) is 4.17. The third kappa shape index (κ3) is 3.53. The summed E-state index contributed by atoms with van der Waals surface area (Å²) in [4.78, 5) is 2.46. The van der Waals surface area contributed by atoms with E-state index in [9.17, 15) is 0 Å². The number of rotatable bonds is 5. The molecular weight excluding hydrogens is 344 g/mol. The van der Waals surface area contributed by atoms with Crippen LogP contribution in [0.25, 0.3) is 0 Å². The molecule has 1 aromatic heterocycles. The number of hydrogen-bond donors (Lipinski definition) is 0. The van der Waals surface area contributed by atoms with E-state index in [1.54, 1.807) is 14.2 Å². The molecule has 2 aliphatic heterocycles. The Kier molecular flexibility index (Phi) is 5.31. The van der Waals surface area contributed by atoms with E-state index in [0.29, 0.717) is 0 Å². The lowest BCUT2D eigenvalue weighted by atomic mass is 10.1. The summed E-state index contributed by atoms with van der Waals surface area (Å²) in [5.41, 5.74) is 2.23. The first-order chi connectivity index (χ1) is 13.2. The number of nitrogens with zero attached hydrogens (tertiary/aromatic N) is 4. The first kappa shape index (κ1) is 18.3. The van der Waals surface area contributed by atoms with Gasteiger partial charge in [-0.25, -0.2) is 0 Å². The van der Waals surface area contributed by atoms with Crippen molar-refractivity contribution in [2.45, 2.75) is 45.4 Å². The van der Waals surface area contributed by atoms with E-state index < -0.39 is 0 Å². The van der Waals surface area contributed by atoms with Crippen molar-refractivity contribution in [1.29, 1.82) is 0 Å². The standard InChI is InChI=1S/C20H28N4O3/c1-14-16(25-2)7-6-15(19(14)26-3)13-23-9-8-18-21-22-20(24(18)11-10-23)17-5-4-12-27-17/h6-7,17H,4-5,8-13H2,1-3H3. The molecule has 146 valence electrons. The summed E-state index contributed by atoms with van der Waals surface area (Å²) in [6.45, 7) is 6.53. The summed E-state index contributed by atoms with van der Waals surface area (Å²) in [6.07, 6.45) is 3.17. The van der Waals surface area contributed by atoms with Crippen LogP contribution in [0.2, 0.25) is 0 Å². The second kappa shape index (κ2) is 7.86. The van der Waals surface area contributed by atoms with Gasteiger partial charge in [-0.05, 0) is 25.8 Å². The molecule has 1 aromatic carbocycles. The molecule has 0 N–H and O–H groups in total. The monoisotopic (exact) mass is 372 g/mol. The minimum atomic E-state index is 0.113. The summed E-state index contributed by atoms with van der Waals surface area (Å²) in [5.74, 6) is 3.85. The first-order valence-electron chi connectivity index (χ1n) is 9.67. The van der Waals surface area contributed by atoms with Gasteiger partial charge in [0.25, 0.3) is 0 Å². The van der Waals surface area contributed by atoms with Crippen molar-refractivity contribution in [3.63, 3.8) is 0 Å². The van der Waals surface area contributed by atoms with Gasteiger partial charge in [-0.3, -0.25) is 4.90 Å². The minimum absolute atomic E-state index is 0.113. The largest absolute Gasteiger partial charge is 0.496 e. The Labute approximate surface area is 160 Å². The van der Waals surface area contributed by atoms with Crippen LogP contribution >= 0.6 is 0 Å². The minimum Gasteiger partial charge on any atom is -0.496 e. The van der Waals surface area contributed by atoms with Crippen molar-refractivity contribution < 1.29 is 14.2 Å². The van der Waals surface area contributed by atoms with E-state index in [4.69, 9.17) is 14.2 Å². The van der Waals surface area contributed by atoms with Crippen LogP contribution in [0.15, 0.2) is 12.1 Å². The number of benzene rings is 1. The molecule has 1 saturated heterocycles. The molecule has 1 atom stereocenters. The van der Waals surface area contributed by atoms with Crippen molar-refractivity contribution in [2.75, 3.05) is 33.9 Å². The average Bonchev–Trinajstić information content (AvgIpc) is 3.30. The predicted octanol–water partition coefficient (Wildman–Crippen LogP) is 2.51. The van der Waals surface area contributed by atoms with Crippen molar-refractivity contribution in [3.05, 3.63) is 34.9 Å². The maximum absolute atomic E-state index is 5.83. The lowest BCUT2D eigenvalue weighted by molar-refractivity contribution is 0.101. The molecule has 2 aliphatic rings. The molecule has 7 nitrogen and oxygen atoms in total. The highest BCUT2D eigenvalue weighted by molar-refractivity contribution is 5.49. The molecule has 4 rings (SSSR count). The van der Waals surface area contributed by atoms with Gasteiger partial charge in [-0.15, -0.1) is 10.2 Å². The Bertz CT molecular complexity index is 799. The topological polar surface area (TPSA) is 61.6 Å². The highest BCUT2D eigenvalue weighted by atomic mass is 16.5. The summed E-state index contributed by atoms with van der Waals surface area (Å²) in [7, 11) is 3.42. The fourth-order valence-corrected chi connectivity index (χ4v) is 4.17. The maximum Gasteiger partial charge on any atom is 0.162 e. The van der Waals surface area contributed by atoms with E-state index in [0.717, 1.165) is 80.8 Å². The molecule has 0 spiro atoms. The molecule has 0 saturated carbocycles. The third-order valence-electron chi connectivity index (χ3n) is 5.62. The molecule has 0 radical (unpaired) electrons. The van der Waals surface area contributed by atoms with Crippen LogP contribution in [0, 0.1) is 6.92 Å². The van der Waals surface area contributed by atoms with Crippen molar-refractivity contribution >= 4 is 0 Å². The Morgan fingerprint density at radius 3 is 2.78 bits per heavy atom. The van der Waals surface area contributed by atoms with Crippen LogP contribution in [0.3, 0.4) is 0 Å². The van der Waals surface area contributed by atoms with Gasteiger partial charge in [0.1, 0.15) is 23.4 Å². The smallest absolute Gasteiger partial charge is 0.162 e. The summed E-state index contributed by atoms with van der Waals surface area (Å²) >= 11 is 0. The first-order valence-corrected chi connectivity index (χ1v) is 9.67. The molecule has 1 unspecified atom stereocenters. The Morgan fingerprint density at radius 1 is 1.15 bits per heavy atom. The normalized spacial score (nSPS) is 20.3. The van der Waals surface area contributed by atoms with E-state index in [1.807, 2.05) is 13.0 Å². The van der Waals surface area contributed by atoms with Crippen molar-refractivity contribution in [3.8, 4) is 11.5 Å². The highest BCUT2D eigenvalue weighted by Gasteiger charge is 2.27. The number of aromatic nitrogens is 3. The quantitative estimate of drug-likeness (QED) is 0.804. The Hall–Kier alpha value is -2.12. The molecule has 2 aromatic rings. The second-order valence-corrected chi connectivity index (χ2v) is 7.24. The van der Waals surface area contributed by atoms with Gasteiger partial charge in [0.05, 0.1) is 14.2 Å². The Morgan fingerprint density at radius 2 is 2.04 bits per heavy atom. The van der Waals surface area contributed by atoms with Gasteiger partial charge in [0.2, 0.25) is 0 Å². The second-order valence-electron chi connectivity index (χ2n) is 7.24. The lowest BCUT2D eigenvalue weighted by Crippen LogP contribution is -2.27. The summed E-state index contributed by atoms with van der Waals surface area (Å²) in [6, 6.07) is 4.13. The molecule has 0 bridgehead atoms. The predicted molar refractivity (Wildman–Crippen MR) is 101 cm³/mol. The Balaban J connectivity index is 1.49. The van der Waals surface area contributed by atoms with Gasteiger partial charge in [-0.2, -0.15) is 0 Å². The van der Waals surface area contributed by atoms with E-state index in [1.165, 1.54) is 5.56 Å². The molecule has 1 fully saturated rings. The molecule has 0 aliphatic carbocycles. The van der Waals surface area contributed by atoms with E-state index in [-0.39, 0.29) is 6.10 Å². The summed E-state index contributed by atoms with van der Waals surface area (Å²) < 4.78 is 19.2. The number of fused-ring (bicyclic) bond motifs is 1. The molecule has 27 heavy (non-hydrogen) atoms. The number of ether oxygens (including phenoxy) is 3. The average molecular weight is 372 g/mol. The van der Waals surface area contributed by atoms with Gasteiger partial charge < -0.3 is 18.8 Å². The van der Waals surface area contributed by atoms with Crippen molar-refractivity contribution in [1.82, 2.24) is 19.7 Å². The van der Waals surface area contributed by atoms with Gasteiger partial charge >= 0.3 is 0 Å². The zero-order valence-electron chi connectivity index (χ0n) is 16.4. The van der Waals surface area contributed by atoms with E-state index >= 15 is 0 Å². The van der Waals surface area contributed by atoms with Crippen LogP contribution in [0.5, 0.6) is 11.5 Å². The third-order valence-corrected chi connectivity index (χ3v) is 5.62. The zero-order chi connectivity index (χ0) is 18.8. The molecular formula is C20H28N4O3. The van der Waals surface area contributed by atoms with Crippen LogP contribution < -0.4 is 9.47 Å². The van der Waals surface area contributed by atoms with Crippen LogP contribution in [0.4, 0.5) is 0 Å². The van der Waals surface area contributed by atoms with Crippen LogP contribution in [0.1, 0.15) is 41.7 Å². The lowest BCUT2D eigenvalue weighted by Gasteiger charge is -2.22. The zero-order valence-corrected chi connectivity index (χ0v) is 16.4.